The Morgan fingerprint density at radius 1 is 1.03 bits per heavy atom. The van der Waals surface area contributed by atoms with Gasteiger partial charge in [0.25, 0.3) is 0 Å². The molecular weight excluding hydrogens is 429 g/mol. The largest absolute Gasteiger partial charge is 0.490 e. The monoisotopic (exact) mass is 457 g/mol. The van der Waals surface area contributed by atoms with Crippen LogP contribution in [0.25, 0.3) is 10.9 Å². The van der Waals surface area contributed by atoms with Crippen LogP contribution in [-0.2, 0) is 4.79 Å². The van der Waals surface area contributed by atoms with Gasteiger partial charge in [-0.15, -0.1) is 0 Å². The van der Waals surface area contributed by atoms with Crippen LogP contribution in [0, 0.1) is 35.4 Å². The van der Waals surface area contributed by atoms with Crippen LogP contribution in [0.1, 0.15) is 50.1 Å². The number of hydrogen-bond donors (Lipinski definition) is 1. The molecule has 4 aliphatic rings. The standard InChI is InChI=1S/C28H28FN3O2/c29-17-5-7-24-22(11-17)25(9-10-30-24)34-19-12-20-21(13-19)27(20)26(16-3-4-16)28(33)32-18-6-8-23(31-14-18)15-1-2-15/h5-11,14-16,19-21,26-27H,1-4,12-13H2,(H,32,33)/t19?,20-,21+,26?,27?. The van der Waals surface area contributed by atoms with Gasteiger partial charge in [-0.05, 0) is 98.6 Å². The molecule has 1 amide bonds. The molecule has 0 spiro atoms. The second kappa shape index (κ2) is 7.76. The number of benzene rings is 1. The molecular formula is C28H28FN3O2. The number of carbonyl (C=O) groups excluding carboxylic acids is 1. The summed E-state index contributed by atoms with van der Waals surface area (Å²) in [4.78, 5) is 22.1. The Labute approximate surface area is 198 Å². The number of pyridine rings is 2. The van der Waals surface area contributed by atoms with Gasteiger partial charge in [0.2, 0.25) is 5.91 Å². The minimum atomic E-state index is -0.282. The summed E-state index contributed by atoms with van der Waals surface area (Å²) in [6.07, 6.45) is 10.3. The molecule has 1 aromatic carbocycles. The number of carbonyl (C=O) groups is 1. The van der Waals surface area contributed by atoms with E-state index >= 15 is 0 Å². The van der Waals surface area contributed by atoms with Crippen molar-refractivity contribution in [1.29, 1.82) is 0 Å². The van der Waals surface area contributed by atoms with Crippen LogP contribution in [0.15, 0.2) is 48.8 Å². The highest BCUT2D eigenvalue weighted by Crippen LogP contribution is 2.64. The number of anilines is 1. The molecule has 5 atom stereocenters. The Hall–Kier alpha value is -3.02. The molecule has 2 heterocycles. The molecule has 174 valence electrons. The zero-order chi connectivity index (χ0) is 22.8. The van der Waals surface area contributed by atoms with Crippen LogP contribution in [0.4, 0.5) is 10.1 Å². The molecule has 3 aromatic rings. The van der Waals surface area contributed by atoms with Gasteiger partial charge in [0, 0.05) is 29.1 Å². The van der Waals surface area contributed by atoms with Gasteiger partial charge in [-0.3, -0.25) is 14.8 Å². The summed E-state index contributed by atoms with van der Waals surface area (Å²) in [7, 11) is 0. The first-order chi connectivity index (χ1) is 16.6. The lowest BCUT2D eigenvalue weighted by atomic mass is 9.91. The van der Waals surface area contributed by atoms with Crippen molar-refractivity contribution in [3.05, 3.63) is 60.3 Å². The summed E-state index contributed by atoms with van der Waals surface area (Å²) in [5.74, 6) is 3.35. The van der Waals surface area contributed by atoms with Gasteiger partial charge >= 0.3 is 0 Å². The number of nitrogens with one attached hydrogen (secondary N) is 1. The van der Waals surface area contributed by atoms with Gasteiger partial charge < -0.3 is 10.1 Å². The van der Waals surface area contributed by atoms with Crippen LogP contribution in [0.5, 0.6) is 5.75 Å². The number of aromatic nitrogens is 2. The summed E-state index contributed by atoms with van der Waals surface area (Å²) in [5.41, 5.74) is 2.69. The molecule has 7 rings (SSSR count). The fourth-order valence-corrected chi connectivity index (χ4v) is 6.33. The molecule has 1 N–H and O–H groups in total. The van der Waals surface area contributed by atoms with Crippen molar-refractivity contribution in [3.8, 4) is 5.75 Å². The topological polar surface area (TPSA) is 64.1 Å². The summed E-state index contributed by atoms with van der Waals surface area (Å²) in [5, 5.41) is 3.88. The number of ether oxygens (including phenoxy) is 1. The normalized spacial score (nSPS) is 28.4. The van der Waals surface area contributed by atoms with Crippen LogP contribution >= 0.6 is 0 Å². The van der Waals surface area contributed by atoms with Gasteiger partial charge in [0.15, 0.2) is 0 Å². The van der Waals surface area contributed by atoms with E-state index in [0.29, 0.717) is 35.3 Å². The van der Waals surface area contributed by atoms with E-state index in [9.17, 15) is 9.18 Å². The molecule has 0 saturated heterocycles. The minimum absolute atomic E-state index is 0.0925. The van der Waals surface area contributed by atoms with E-state index in [2.05, 4.69) is 21.4 Å². The van der Waals surface area contributed by atoms with Gasteiger partial charge in [-0.25, -0.2) is 4.39 Å². The summed E-state index contributed by atoms with van der Waals surface area (Å²) >= 11 is 0. The van der Waals surface area contributed by atoms with Gasteiger partial charge in [-0.1, -0.05) is 0 Å². The highest BCUT2D eigenvalue weighted by Gasteiger charge is 2.63. The van der Waals surface area contributed by atoms with Crippen molar-refractivity contribution in [2.24, 2.45) is 29.6 Å². The van der Waals surface area contributed by atoms with Crippen molar-refractivity contribution < 1.29 is 13.9 Å². The molecule has 0 radical (unpaired) electrons. The molecule has 4 fully saturated rings. The molecule has 2 aromatic heterocycles. The van der Waals surface area contributed by atoms with Crippen molar-refractivity contribution in [2.75, 3.05) is 5.32 Å². The maximum Gasteiger partial charge on any atom is 0.228 e. The Kier molecular flexibility index (Phi) is 4.64. The molecule has 5 nitrogen and oxygen atoms in total. The number of fused-ring (bicyclic) bond motifs is 2. The number of amides is 1. The highest BCUT2D eigenvalue weighted by atomic mass is 19.1. The van der Waals surface area contributed by atoms with E-state index < -0.39 is 0 Å². The van der Waals surface area contributed by atoms with Crippen LogP contribution in [0.3, 0.4) is 0 Å². The molecule has 4 saturated carbocycles. The minimum Gasteiger partial charge on any atom is -0.490 e. The zero-order valence-corrected chi connectivity index (χ0v) is 19.0. The third-order valence-electron chi connectivity index (χ3n) is 8.32. The van der Waals surface area contributed by atoms with Crippen molar-refractivity contribution in [1.82, 2.24) is 9.97 Å². The first kappa shape index (κ1) is 20.4. The van der Waals surface area contributed by atoms with Gasteiger partial charge in [0.05, 0.1) is 23.5 Å². The second-order valence-electron chi connectivity index (χ2n) is 10.7. The van der Waals surface area contributed by atoms with E-state index in [1.165, 1.54) is 25.0 Å². The van der Waals surface area contributed by atoms with Crippen LogP contribution < -0.4 is 10.1 Å². The Morgan fingerprint density at radius 2 is 1.85 bits per heavy atom. The average Bonchev–Trinajstić information content (AvgIpc) is 3.74. The number of hydrogen-bond acceptors (Lipinski definition) is 4. The molecule has 3 unspecified atom stereocenters. The van der Waals surface area contributed by atoms with E-state index in [1.54, 1.807) is 12.3 Å². The molecule has 4 aliphatic carbocycles. The number of halogens is 1. The maximum atomic E-state index is 13.8. The quantitative estimate of drug-likeness (QED) is 0.493. The Bertz CT molecular complexity index is 1240. The molecule has 6 heteroatoms. The third-order valence-corrected chi connectivity index (χ3v) is 8.32. The lowest BCUT2D eigenvalue weighted by Gasteiger charge is -2.22. The third kappa shape index (κ3) is 3.73. The fraction of sp³-hybridized carbons (Fsp3) is 0.464. The maximum absolute atomic E-state index is 13.8. The van der Waals surface area contributed by atoms with E-state index in [0.717, 1.165) is 48.0 Å². The number of nitrogens with zero attached hydrogens (tertiary/aromatic N) is 2. The first-order valence-electron chi connectivity index (χ1n) is 12.6. The summed E-state index contributed by atoms with van der Waals surface area (Å²) in [6.45, 7) is 0. The van der Waals surface area contributed by atoms with E-state index in [1.807, 2.05) is 18.3 Å². The first-order valence-corrected chi connectivity index (χ1v) is 12.6. The molecule has 0 bridgehead atoms. The van der Waals surface area contributed by atoms with Crippen LogP contribution in [0.2, 0.25) is 0 Å². The fourth-order valence-electron chi connectivity index (χ4n) is 6.33. The van der Waals surface area contributed by atoms with Gasteiger partial charge in [-0.2, -0.15) is 0 Å². The van der Waals surface area contributed by atoms with Crippen LogP contribution in [-0.4, -0.2) is 22.0 Å². The average molecular weight is 458 g/mol. The molecule has 34 heavy (non-hydrogen) atoms. The van der Waals surface area contributed by atoms with E-state index in [4.69, 9.17) is 4.74 Å². The van der Waals surface area contributed by atoms with E-state index in [-0.39, 0.29) is 23.7 Å². The Morgan fingerprint density at radius 3 is 2.56 bits per heavy atom. The van der Waals surface area contributed by atoms with Crippen molar-refractivity contribution in [2.45, 2.75) is 50.5 Å². The summed E-state index contributed by atoms with van der Waals surface area (Å²) < 4.78 is 20.1. The molecule has 0 aliphatic heterocycles. The zero-order valence-electron chi connectivity index (χ0n) is 19.0. The van der Waals surface area contributed by atoms with Crippen molar-refractivity contribution in [3.63, 3.8) is 0 Å². The summed E-state index contributed by atoms with van der Waals surface area (Å²) in [6, 6.07) is 10.5. The predicted octanol–water partition coefficient (Wildman–Crippen LogP) is 5.71. The lowest BCUT2D eigenvalue weighted by Crippen LogP contribution is -2.29. The highest BCUT2D eigenvalue weighted by molar-refractivity contribution is 5.93. The Balaban J connectivity index is 1.01. The van der Waals surface area contributed by atoms with Crippen molar-refractivity contribution >= 4 is 22.5 Å². The lowest BCUT2D eigenvalue weighted by molar-refractivity contribution is -0.121. The smallest absolute Gasteiger partial charge is 0.228 e. The second-order valence-corrected chi connectivity index (χ2v) is 10.7. The van der Waals surface area contributed by atoms with Gasteiger partial charge in [0.1, 0.15) is 11.6 Å². The number of rotatable bonds is 7. The SMILES string of the molecule is O=C(Nc1ccc(C2CC2)nc1)C(C1CC1)C1[C@H]2CC(Oc3ccnc4ccc(F)cc34)C[C@@H]12. The predicted molar refractivity (Wildman–Crippen MR) is 127 cm³/mol.